The van der Waals surface area contributed by atoms with Gasteiger partial charge in [-0.2, -0.15) is 18.4 Å². The molecule has 0 saturated carbocycles. The number of nitriles is 1. The lowest BCUT2D eigenvalue weighted by molar-refractivity contribution is -0.137. The van der Waals surface area contributed by atoms with E-state index in [0.717, 1.165) is 6.07 Å². The summed E-state index contributed by atoms with van der Waals surface area (Å²) in [6.07, 6.45) is -5.16. The molecule has 5 nitrogen and oxygen atoms in total. The zero-order valence-corrected chi connectivity index (χ0v) is 15.6. The molecule has 0 radical (unpaired) electrons. The molecule has 1 atom stereocenters. The molecule has 28 heavy (non-hydrogen) atoms. The number of ether oxygens (including phenoxy) is 1. The van der Waals surface area contributed by atoms with Crippen molar-refractivity contribution in [3.8, 4) is 23.2 Å². The smallest absolute Gasteiger partial charge is 0.417 e. The molecule has 0 aliphatic rings. The summed E-state index contributed by atoms with van der Waals surface area (Å²) in [6.45, 7) is 1.68. The third-order valence-electron chi connectivity index (χ3n) is 4.11. The Hall–Kier alpha value is -3.05. The first-order valence-electron chi connectivity index (χ1n) is 8.14. The quantitative estimate of drug-likeness (QED) is 0.600. The van der Waals surface area contributed by atoms with Crippen LogP contribution in [0.2, 0.25) is 5.02 Å². The van der Waals surface area contributed by atoms with E-state index < -0.39 is 17.8 Å². The number of benzene rings is 2. The van der Waals surface area contributed by atoms with Gasteiger partial charge in [-0.15, -0.1) is 10.2 Å². The van der Waals surface area contributed by atoms with Crippen LogP contribution in [-0.2, 0) is 13.2 Å². The fraction of sp³-hybridized carbons (Fsp3) is 0.211. The van der Waals surface area contributed by atoms with E-state index in [2.05, 4.69) is 10.2 Å². The Kier molecular flexibility index (Phi) is 5.29. The fourth-order valence-corrected chi connectivity index (χ4v) is 2.99. The van der Waals surface area contributed by atoms with Crippen LogP contribution in [0.5, 0.6) is 5.75 Å². The van der Waals surface area contributed by atoms with Crippen molar-refractivity contribution >= 4 is 11.6 Å². The van der Waals surface area contributed by atoms with Crippen LogP contribution < -0.4 is 4.74 Å². The number of hydrogen-bond donors (Lipinski definition) is 0. The van der Waals surface area contributed by atoms with Crippen molar-refractivity contribution < 1.29 is 17.9 Å². The Labute approximate surface area is 164 Å². The molecule has 0 unspecified atom stereocenters. The zero-order chi connectivity index (χ0) is 20.5. The second-order valence-electron chi connectivity index (χ2n) is 6.00. The average molecular weight is 407 g/mol. The molecule has 9 heteroatoms. The maximum absolute atomic E-state index is 13.3. The van der Waals surface area contributed by atoms with Crippen LogP contribution in [0, 0.1) is 11.3 Å². The van der Waals surface area contributed by atoms with Gasteiger partial charge in [0.25, 0.3) is 0 Å². The molecular weight excluding hydrogens is 393 g/mol. The van der Waals surface area contributed by atoms with E-state index in [1.165, 1.54) is 28.8 Å². The Morgan fingerprint density at radius 2 is 1.89 bits per heavy atom. The van der Waals surface area contributed by atoms with Crippen LogP contribution in [-0.4, -0.2) is 14.8 Å². The molecule has 0 amide bonds. The first-order chi connectivity index (χ1) is 13.2. The summed E-state index contributed by atoms with van der Waals surface area (Å²) in [5.74, 6) is 0.727. The van der Waals surface area contributed by atoms with Gasteiger partial charge in [0.15, 0.2) is 17.8 Å². The SMILES string of the molecule is C[C@H](Oc1ccc(C#N)cc1Cl)c1nnc(-c2ccccc2C(F)(F)F)n1C. The van der Waals surface area contributed by atoms with Gasteiger partial charge in [0.2, 0.25) is 0 Å². The molecule has 0 fully saturated rings. The molecule has 144 valence electrons. The first kappa shape index (κ1) is 19.7. The highest BCUT2D eigenvalue weighted by atomic mass is 35.5. The molecule has 2 aromatic carbocycles. The molecule has 0 bridgehead atoms. The lowest BCUT2D eigenvalue weighted by Crippen LogP contribution is -2.12. The normalized spacial score (nSPS) is 12.5. The predicted octanol–water partition coefficient (Wildman–Crippen LogP) is 5.17. The van der Waals surface area contributed by atoms with Gasteiger partial charge in [-0.1, -0.05) is 29.8 Å². The highest BCUT2D eigenvalue weighted by molar-refractivity contribution is 6.32. The third-order valence-corrected chi connectivity index (χ3v) is 4.41. The molecular formula is C19H14ClF3N4O. The minimum absolute atomic E-state index is 0.0696. The summed E-state index contributed by atoms with van der Waals surface area (Å²) in [5, 5.41) is 17.1. The lowest BCUT2D eigenvalue weighted by Gasteiger charge is -2.16. The number of hydrogen-bond acceptors (Lipinski definition) is 4. The van der Waals surface area contributed by atoms with Crippen LogP contribution in [0.1, 0.15) is 30.0 Å². The Morgan fingerprint density at radius 3 is 2.54 bits per heavy atom. The monoisotopic (exact) mass is 406 g/mol. The van der Waals surface area contributed by atoms with Gasteiger partial charge >= 0.3 is 6.18 Å². The fourth-order valence-electron chi connectivity index (χ4n) is 2.76. The van der Waals surface area contributed by atoms with E-state index in [9.17, 15) is 13.2 Å². The second-order valence-corrected chi connectivity index (χ2v) is 6.41. The molecule has 3 rings (SSSR count). The van der Waals surface area contributed by atoms with Crippen LogP contribution >= 0.6 is 11.6 Å². The van der Waals surface area contributed by atoms with E-state index in [-0.39, 0.29) is 16.4 Å². The van der Waals surface area contributed by atoms with Crippen LogP contribution in [0.15, 0.2) is 42.5 Å². The molecule has 0 aliphatic carbocycles. The Bertz CT molecular complexity index is 1060. The van der Waals surface area contributed by atoms with Crippen molar-refractivity contribution in [2.24, 2.45) is 7.05 Å². The second kappa shape index (κ2) is 7.52. The maximum Gasteiger partial charge on any atom is 0.417 e. The van der Waals surface area contributed by atoms with Crippen LogP contribution in [0.4, 0.5) is 13.2 Å². The van der Waals surface area contributed by atoms with E-state index in [1.54, 1.807) is 26.1 Å². The largest absolute Gasteiger partial charge is 0.481 e. The van der Waals surface area contributed by atoms with Crippen molar-refractivity contribution in [2.45, 2.75) is 19.2 Å². The molecule has 1 heterocycles. The standard InChI is InChI=1S/C19H14ClF3N4O/c1-11(28-16-8-7-12(10-24)9-15(16)20)17-25-26-18(27(17)2)13-5-3-4-6-14(13)19(21,22)23/h3-9,11H,1-2H3/t11-/m0/s1. The van der Waals surface area contributed by atoms with Gasteiger partial charge in [0.1, 0.15) is 5.75 Å². The molecule has 0 spiro atoms. The summed E-state index contributed by atoms with van der Waals surface area (Å²) in [6, 6.07) is 11.7. The molecule has 0 saturated heterocycles. The van der Waals surface area contributed by atoms with Crippen molar-refractivity contribution in [1.29, 1.82) is 5.26 Å². The number of nitrogens with zero attached hydrogens (tertiary/aromatic N) is 4. The van der Waals surface area contributed by atoms with E-state index in [1.807, 2.05) is 6.07 Å². The molecule has 3 aromatic rings. The number of halogens is 4. The van der Waals surface area contributed by atoms with Gasteiger partial charge < -0.3 is 9.30 Å². The Balaban J connectivity index is 1.93. The predicted molar refractivity (Wildman–Crippen MR) is 96.7 cm³/mol. The van der Waals surface area contributed by atoms with Crippen molar-refractivity contribution in [3.05, 3.63) is 64.4 Å². The third kappa shape index (κ3) is 3.80. The van der Waals surface area contributed by atoms with Crippen molar-refractivity contribution in [2.75, 3.05) is 0 Å². The topological polar surface area (TPSA) is 63.7 Å². The van der Waals surface area contributed by atoms with Crippen molar-refractivity contribution in [3.63, 3.8) is 0 Å². The number of rotatable bonds is 4. The van der Waals surface area contributed by atoms with Gasteiger partial charge in [-0.25, -0.2) is 0 Å². The molecule has 0 aliphatic heterocycles. The highest BCUT2D eigenvalue weighted by Gasteiger charge is 2.35. The van der Waals surface area contributed by atoms with Gasteiger partial charge in [-0.3, -0.25) is 0 Å². The minimum Gasteiger partial charge on any atom is -0.481 e. The van der Waals surface area contributed by atoms with E-state index >= 15 is 0 Å². The van der Waals surface area contributed by atoms with Gasteiger partial charge in [0.05, 0.1) is 22.2 Å². The maximum atomic E-state index is 13.3. The van der Waals surface area contributed by atoms with E-state index in [0.29, 0.717) is 17.1 Å². The highest BCUT2D eigenvalue weighted by Crippen LogP contribution is 2.37. The summed E-state index contributed by atoms with van der Waals surface area (Å²) in [5.41, 5.74) is -0.477. The van der Waals surface area contributed by atoms with Crippen molar-refractivity contribution in [1.82, 2.24) is 14.8 Å². The van der Waals surface area contributed by atoms with Crippen LogP contribution in [0.3, 0.4) is 0 Å². The van der Waals surface area contributed by atoms with E-state index in [4.69, 9.17) is 21.6 Å². The van der Waals surface area contributed by atoms with Gasteiger partial charge in [-0.05, 0) is 31.2 Å². The van der Waals surface area contributed by atoms with Crippen LogP contribution in [0.25, 0.3) is 11.4 Å². The number of aromatic nitrogens is 3. The summed E-state index contributed by atoms with van der Waals surface area (Å²) >= 11 is 6.11. The Morgan fingerprint density at radius 1 is 1.18 bits per heavy atom. The number of alkyl halides is 3. The average Bonchev–Trinajstić information content (AvgIpc) is 3.04. The minimum atomic E-state index is -4.51. The zero-order valence-electron chi connectivity index (χ0n) is 14.8. The lowest BCUT2D eigenvalue weighted by atomic mass is 10.1. The molecule has 1 aromatic heterocycles. The van der Waals surface area contributed by atoms with Gasteiger partial charge in [0, 0.05) is 12.6 Å². The summed E-state index contributed by atoms with van der Waals surface area (Å²) in [7, 11) is 1.57. The first-order valence-corrected chi connectivity index (χ1v) is 8.52. The molecule has 0 N–H and O–H groups in total. The summed E-state index contributed by atoms with van der Waals surface area (Å²) < 4.78 is 47.1. The summed E-state index contributed by atoms with van der Waals surface area (Å²) in [4.78, 5) is 0.